The number of aliphatic imine (C=N–C) groups is 1. The molecule has 1 aromatic carbocycles. The van der Waals surface area contributed by atoms with Gasteiger partial charge in [-0.2, -0.15) is 0 Å². The van der Waals surface area contributed by atoms with Crippen LogP contribution >= 0.6 is 0 Å². The Morgan fingerprint density at radius 3 is 2.75 bits per heavy atom. The molecule has 1 heterocycles. The highest BCUT2D eigenvalue weighted by Crippen LogP contribution is 2.12. The van der Waals surface area contributed by atoms with E-state index in [2.05, 4.69) is 15.3 Å². The van der Waals surface area contributed by atoms with Gasteiger partial charge in [-0.15, -0.1) is 0 Å². The number of pyridine rings is 1. The first-order chi connectivity index (χ1) is 11.6. The number of benzene rings is 1. The number of rotatable bonds is 7. The Bertz CT molecular complexity index is 702. The SMILES string of the molecule is O=C(NC=NCCc1ccccn1)OCc1ccc([N+](=O)[O-])cc1. The van der Waals surface area contributed by atoms with Crippen molar-refractivity contribution in [1.29, 1.82) is 0 Å². The average molecular weight is 328 g/mol. The van der Waals surface area contributed by atoms with Crippen LogP contribution in [-0.2, 0) is 17.8 Å². The van der Waals surface area contributed by atoms with Crippen molar-refractivity contribution < 1.29 is 14.5 Å². The lowest BCUT2D eigenvalue weighted by Gasteiger charge is -2.03. The molecule has 0 aliphatic carbocycles. The number of non-ortho nitro benzene ring substituents is 1. The predicted molar refractivity (Wildman–Crippen MR) is 87.7 cm³/mol. The fraction of sp³-hybridized carbons (Fsp3) is 0.188. The van der Waals surface area contributed by atoms with Crippen molar-refractivity contribution in [2.45, 2.75) is 13.0 Å². The lowest BCUT2D eigenvalue weighted by Crippen LogP contribution is -2.22. The van der Waals surface area contributed by atoms with Crippen LogP contribution in [0.5, 0.6) is 0 Å². The smallest absolute Gasteiger partial charge is 0.412 e. The zero-order valence-electron chi connectivity index (χ0n) is 12.8. The monoisotopic (exact) mass is 328 g/mol. The van der Waals surface area contributed by atoms with Crippen LogP contribution in [0.2, 0.25) is 0 Å². The number of carbonyl (C=O) groups is 1. The molecule has 0 aliphatic heterocycles. The van der Waals surface area contributed by atoms with Gasteiger partial charge in [0.1, 0.15) is 6.61 Å². The molecule has 2 rings (SSSR count). The molecule has 124 valence electrons. The molecule has 24 heavy (non-hydrogen) atoms. The number of amides is 1. The van der Waals surface area contributed by atoms with Crippen molar-refractivity contribution >= 4 is 18.1 Å². The minimum absolute atomic E-state index is 0.0109. The summed E-state index contributed by atoms with van der Waals surface area (Å²) in [6, 6.07) is 11.4. The molecule has 1 N–H and O–H groups in total. The number of carbonyl (C=O) groups excluding carboxylic acids is 1. The number of nitro benzene ring substituents is 1. The molecule has 0 radical (unpaired) electrons. The molecule has 0 saturated carbocycles. The van der Waals surface area contributed by atoms with Crippen LogP contribution in [0.3, 0.4) is 0 Å². The minimum atomic E-state index is -0.644. The van der Waals surface area contributed by atoms with Crippen LogP contribution in [-0.4, -0.2) is 28.9 Å². The number of aromatic nitrogens is 1. The zero-order valence-corrected chi connectivity index (χ0v) is 12.8. The van der Waals surface area contributed by atoms with Gasteiger partial charge in [-0.05, 0) is 29.8 Å². The normalized spacial score (nSPS) is 10.5. The molecule has 0 unspecified atom stereocenters. The second-order valence-corrected chi connectivity index (χ2v) is 4.75. The first-order valence-electron chi connectivity index (χ1n) is 7.20. The molecular weight excluding hydrogens is 312 g/mol. The van der Waals surface area contributed by atoms with Crippen LogP contribution in [0, 0.1) is 10.1 Å². The minimum Gasteiger partial charge on any atom is -0.444 e. The molecule has 2 aromatic rings. The Hall–Kier alpha value is -3.29. The molecule has 8 heteroatoms. The summed E-state index contributed by atoms with van der Waals surface area (Å²) in [5.41, 5.74) is 1.57. The molecule has 0 atom stereocenters. The summed E-state index contributed by atoms with van der Waals surface area (Å²) in [6.07, 6.45) is 3.03. The van der Waals surface area contributed by atoms with Gasteiger partial charge in [0.15, 0.2) is 0 Å². The maximum atomic E-state index is 11.5. The second kappa shape index (κ2) is 8.99. The van der Waals surface area contributed by atoms with Crippen molar-refractivity contribution in [3.63, 3.8) is 0 Å². The van der Waals surface area contributed by atoms with E-state index in [0.717, 1.165) is 5.69 Å². The molecule has 0 aliphatic rings. The van der Waals surface area contributed by atoms with Gasteiger partial charge in [-0.1, -0.05) is 6.07 Å². The summed E-state index contributed by atoms with van der Waals surface area (Å²) in [6.45, 7) is 0.519. The maximum absolute atomic E-state index is 11.5. The summed E-state index contributed by atoms with van der Waals surface area (Å²) in [7, 11) is 0. The van der Waals surface area contributed by atoms with Gasteiger partial charge in [0, 0.05) is 37.0 Å². The highest BCUT2D eigenvalue weighted by atomic mass is 16.6. The number of hydrogen-bond donors (Lipinski definition) is 1. The lowest BCUT2D eigenvalue weighted by molar-refractivity contribution is -0.384. The molecule has 1 amide bonds. The van der Waals surface area contributed by atoms with Crippen LogP contribution < -0.4 is 5.32 Å². The molecule has 0 fully saturated rings. The van der Waals surface area contributed by atoms with E-state index < -0.39 is 11.0 Å². The molecule has 0 bridgehead atoms. The summed E-state index contributed by atoms with van der Waals surface area (Å²) < 4.78 is 4.97. The fourth-order valence-electron chi connectivity index (χ4n) is 1.79. The molecule has 1 aromatic heterocycles. The van der Waals surface area contributed by atoms with Crippen LogP contribution in [0.4, 0.5) is 10.5 Å². The topological polar surface area (TPSA) is 107 Å². The van der Waals surface area contributed by atoms with Gasteiger partial charge >= 0.3 is 6.09 Å². The number of nitrogens with zero attached hydrogens (tertiary/aromatic N) is 3. The van der Waals surface area contributed by atoms with E-state index in [0.29, 0.717) is 18.5 Å². The van der Waals surface area contributed by atoms with Crippen molar-refractivity contribution in [2.75, 3.05) is 6.54 Å². The summed E-state index contributed by atoms with van der Waals surface area (Å²) >= 11 is 0. The zero-order chi connectivity index (χ0) is 17.2. The van der Waals surface area contributed by atoms with E-state index in [4.69, 9.17) is 4.74 Å². The van der Waals surface area contributed by atoms with Gasteiger partial charge in [-0.3, -0.25) is 25.4 Å². The number of alkyl carbamates (subject to hydrolysis) is 1. The second-order valence-electron chi connectivity index (χ2n) is 4.75. The van der Waals surface area contributed by atoms with Gasteiger partial charge in [0.2, 0.25) is 0 Å². The van der Waals surface area contributed by atoms with Gasteiger partial charge in [0.25, 0.3) is 5.69 Å². The summed E-state index contributed by atoms with van der Waals surface area (Å²) in [4.78, 5) is 29.7. The van der Waals surface area contributed by atoms with Crippen LogP contribution in [0.1, 0.15) is 11.3 Å². The number of ether oxygens (including phenoxy) is 1. The van der Waals surface area contributed by atoms with Crippen molar-refractivity contribution in [3.8, 4) is 0 Å². The quantitative estimate of drug-likeness (QED) is 0.364. The van der Waals surface area contributed by atoms with Gasteiger partial charge in [0.05, 0.1) is 11.3 Å². The van der Waals surface area contributed by atoms with Crippen molar-refractivity contribution in [2.24, 2.45) is 4.99 Å². The van der Waals surface area contributed by atoms with Crippen molar-refractivity contribution in [1.82, 2.24) is 10.3 Å². The summed E-state index contributed by atoms with van der Waals surface area (Å²) in [5, 5.41) is 12.9. The van der Waals surface area contributed by atoms with E-state index in [1.165, 1.54) is 30.6 Å². The third-order valence-corrected chi connectivity index (χ3v) is 3.01. The molecular formula is C16H16N4O4. The number of nitro groups is 1. The van der Waals surface area contributed by atoms with E-state index in [1.54, 1.807) is 6.20 Å². The molecule has 8 nitrogen and oxygen atoms in total. The largest absolute Gasteiger partial charge is 0.444 e. The Morgan fingerprint density at radius 2 is 2.08 bits per heavy atom. The number of nitrogens with one attached hydrogen (secondary N) is 1. The number of hydrogen-bond acceptors (Lipinski definition) is 6. The average Bonchev–Trinajstić information content (AvgIpc) is 2.61. The van der Waals surface area contributed by atoms with Gasteiger partial charge < -0.3 is 4.74 Å². The lowest BCUT2D eigenvalue weighted by atomic mass is 10.2. The van der Waals surface area contributed by atoms with E-state index in [9.17, 15) is 14.9 Å². The third-order valence-electron chi connectivity index (χ3n) is 3.01. The molecule has 0 spiro atoms. The van der Waals surface area contributed by atoms with E-state index in [-0.39, 0.29) is 12.3 Å². The van der Waals surface area contributed by atoms with Crippen LogP contribution in [0.25, 0.3) is 0 Å². The highest BCUT2D eigenvalue weighted by Gasteiger charge is 2.05. The molecule has 0 saturated heterocycles. The fourth-order valence-corrected chi connectivity index (χ4v) is 1.79. The Kier molecular flexibility index (Phi) is 6.39. The Balaban J connectivity index is 1.66. The Morgan fingerprint density at radius 1 is 1.29 bits per heavy atom. The third kappa shape index (κ3) is 5.84. The van der Waals surface area contributed by atoms with E-state index in [1.807, 2.05) is 18.2 Å². The highest BCUT2D eigenvalue weighted by molar-refractivity contribution is 5.81. The summed E-state index contributed by atoms with van der Waals surface area (Å²) in [5.74, 6) is 0. The Labute approximate surface area is 138 Å². The maximum Gasteiger partial charge on any atom is 0.412 e. The first kappa shape index (κ1) is 17.1. The van der Waals surface area contributed by atoms with Crippen LogP contribution in [0.15, 0.2) is 53.7 Å². The van der Waals surface area contributed by atoms with Crippen molar-refractivity contribution in [3.05, 3.63) is 70.0 Å². The van der Waals surface area contributed by atoms with E-state index >= 15 is 0 Å². The standard InChI is InChI=1S/C16H16N4O4/c21-16(19-12-17-10-8-14-3-1-2-9-18-14)24-11-13-4-6-15(7-5-13)20(22)23/h1-7,9,12H,8,10-11H2,(H,17,19,21). The predicted octanol–water partition coefficient (Wildman–Crippen LogP) is 2.49. The first-order valence-corrected chi connectivity index (χ1v) is 7.20. The van der Waals surface area contributed by atoms with Gasteiger partial charge in [-0.25, -0.2) is 4.79 Å².